The van der Waals surface area contributed by atoms with Crippen molar-refractivity contribution in [2.45, 2.75) is 75.5 Å². The third-order valence-electron chi connectivity index (χ3n) is 12.4. The monoisotopic (exact) mass is 1180 g/mol. The van der Waals surface area contributed by atoms with Crippen molar-refractivity contribution in [2.75, 3.05) is 61.7 Å². The van der Waals surface area contributed by atoms with Gasteiger partial charge in [-0.1, -0.05) is 12.1 Å². The number of guanidine groups is 4. The Morgan fingerprint density at radius 3 is 1.12 bits per heavy atom. The predicted octanol–water partition coefficient (Wildman–Crippen LogP) is -0.667. The van der Waals surface area contributed by atoms with E-state index >= 15 is 0 Å². The lowest BCUT2D eigenvalue weighted by Gasteiger charge is -2.21. The number of anilines is 4. The summed E-state index contributed by atoms with van der Waals surface area (Å²) in [5.41, 5.74) is 33.9. The summed E-state index contributed by atoms with van der Waals surface area (Å²) in [6.45, 7) is 0.855. The highest BCUT2D eigenvalue weighted by Crippen LogP contribution is 2.25. The minimum absolute atomic E-state index is 0.00592. The minimum atomic E-state index is -1.25. The minimum Gasteiger partial charge on any atom is -0.496 e. The predicted molar refractivity (Wildman–Crippen MR) is 320 cm³/mol. The van der Waals surface area contributed by atoms with Gasteiger partial charge in [-0.2, -0.15) is 0 Å². The van der Waals surface area contributed by atoms with E-state index in [4.69, 9.17) is 65.5 Å². The largest absolute Gasteiger partial charge is 0.496 e. The van der Waals surface area contributed by atoms with Gasteiger partial charge in [0.1, 0.15) is 29.6 Å². The Kier molecular flexibility index (Phi) is 26.6. The van der Waals surface area contributed by atoms with Crippen LogP contribution in [0.15, 0.2) is 84.9 Å². The Morgan fingerprint density at radius 1 is 0.424 bits per heavy atom. The third-order valence-corrected chi connectivity index (χ3v) is 12.4. The summed E-state index contributed by atoms with van der Waals surface area (Å²) in [6.07, 6.45) is 1.58. The number of methoxy groups -OCH3 is 2. The molecular formula is C54H75N21O10. The molecule has 0 saturated heterocycles. The molecular weight excluding hydrogens is 1100 g/mol. The number of nitrogens with one attached hydrogen (secondary N) is 15. The second kappa shape index (κ2) is 33.9. The first-order chi connectivity index (χ1) is 40.5. The van der Waals surface area contributed by atoms with Gasteiger partial charge in [0.05, 0.1) is 31.4 Å². The zero-order valence-corrected chi connectivity index (χ0v) is 46.9. The van der Waals surface area contributed by atoms with Crippen molar-refractivity contribution in [1.82, 2.24) is 37.2 Å². The first-order valence-electron chi connectivity index (χ1n) is 26.6. The summed E-state index contributed by atoms with van der Waals surface area (Å²) >= 11 is 0. The summed E-state index contributed by atoms with van der Waals surface area (Å²) in [6, 6.07) is 15.6. The second-order valence-electron chi connectivity index (χ2n) is 18.9. The van der Waals surface area contributed by atoms with Gasteiger partial charge in [-0.25, -0.2) is 0 Å². The van der Waals surface area contributed by atoms with Gasteiger partial charge in [0, 0.05) is 60.1 Å². The highest BCUT2D eigenvalue weighted by atomic mass is 16.5. The normalized spacial score (nSPS) is 11.9. The highest BCUT2D eigenvalue weighted by Gasteiger charge is 2.28. The summed E-state index contributed by atoms with van der Waals surface area (Å²) in [5, 5.41) is 59.3. The van der Waals surface area contributed by atoms with Crippen LogP contribution in [0, 0.1) is 21.6 Å². The molecule has 27 N–H and O–H groups in total. The second-order valence-corrected chi connectivity index (χ2v) is 18.9. The maximum atomic E-state index is 14.1. The van der Waals surface area contributed by atoms with Crippen molar-refractivity contribution in [3.8, 4) is 11.5 Å². The van der Waals surface area contributed by atoms with Gasteiger partial charge >= 0.3 is 0 Å². The van der Waals surface area contributed by atoms with Gasteiger partial charge in [-0.3, -0.25) is 60.0 Å². The summed E-state index contributed by atoms with van der Waals surface area (Å²) < 4.78 is 10.7. The number of hydrogen-bond donors (Lipinski definition) is 21. The van der Waals surface area contributed by atoms with E-state index in [0.29, 0.717) is 13.0 Å². The lowest BCUT2D eigenvalue weighted by molar-refractivity contribution is -0.118. The van der Waals surface area contributed by atoms with Crippen LogP contribution in [0.4, 0.5) is 22.7 Å². The van der Waals surface area contributed by atoms with E-state index in [1.165, 1.54) is 93.1 Å². The number of amides is 8. The Morgan fingerprint density at radius 2 is 0.753 bits per heavy atom. The van der Waals surface area contributed by atoms with Crippen molar-refractivity contribution in [1.29, 1.82) is 21.6 Å². The maximum absolute atomic E-state index is 14.1. The smallest absolute Gasteiger partial charge is 0.255 e. The van der Waals surface area contributed by atoms with Crippen LogP contribution in [0.1, 0.15) is 92.8 Å². The molecule has 4 aromatic carbocycles. The Balaban J connectivity index is 1.52. The number of benzene rings is 4. The molecule has 8 amide bonds. The lowest BCUT2D eigenvalue weighted by atomic mass is 10.1. The molecule has 0 unspecified atom stereocenters. The van der Waals surface area contributed by atoms with Crippen LogP contribution in [0.2, 0.25) is 0 Å². The van der Waals surface area contributed by atoms with E-state index < -0.39 is 71.4 Å². The fourth-order valence-corrected chi connectivity index (χ4v) is 8.13. The number of ether oxygens (including phenoxy) is 2. The summed E-state index contributed by atoms with van der Waals surface area (Å²) in [7, 11) is 2.65. The van der Waals surface area contributed by atoms with Crippen LogP contribution in [0.3, 0.4) is 0 Å². The maximum Gasteiger partial charge on any atom is 0.255 e. The number of hydrogen-bond acceptors (Lipinski definition) is 15. The van der Waals surface area contributed by atoms with Crippen LogP contribution in [0.25, 0.3) is 0 Å². The zero-order chi connectivity index (χ0) is 62.6. The number of primary amides is 1. The lowest BCUT2D eigenvalue weighted by Crippen LogP contribution is -2.45. The average molecular weight is 1180 g/mol. The van der Waals surface area contributed by atoms with Gasteiger partial charge < -0.3 is 102 Å². The molecule has 0 aliphatic carbocycles. The van der Waals surface area contributed by atoms with Gasteiger partial charge in [-0.05, 0) is 124 Å². The van der Waals surface area contributed by atoms with Crippen LogP contribution in [-0.2, 0) is 19.2 Å². The molecule has 456 valence electrons. The van der Waals surface area contributed by atoms with Crippen molar-refractivity contribution < 1.29 is 47.8 Å². The van der Waals surface area contributed by atoms with Crippen molar-refractivity contribution >= 4 is 93.8 Å². The zero-order valence-electron chi connectivity index (χ0n) is 46.9. The Labute approximate surface area is 489 Å². The van der Waals surface area contributed by atoms with Gasteiger partial charge in [0.15, 0.2) is 23.8 Å². The molecule has 0 heterocycles. The van der Waals surface area contributed by atoms with E-state index in [1.807, 2.05) is 0 Å². The van der Waals surface area contributed by atoms with Crippen LogP contribution in [0.5, 0.6) is 11.5 Å². The SMILES string of the molecule is COc1ccc(NC(=O)[C@@H](CCCNC(=N)N)NC(=O)c2cc(NC(=O)[C@@H](CCCNC(=N)N)NC(=O)c3cccc(NC(=O)[C@@H](CCCNC(=N)N)NC(=O)c4cccc(NC(=O)[C@H](N)CCCNC(=N)N)c4)c3)ccc2OC)cc1C(N)=O. The van der Waals surface area contributed by atoms with Crippen LogP contribution in [-0.4, -0.2) is 136 Å². The molecule has 0 saturated carbocycles. The first kappa shape index (κ1) is 66.8. The molecule has 4 rings (SSSR count). The Bertz CT molecular complexity index is 3090. The van der Waals surface area contributed by atoms with Gasteiger partial charge in [-0.15, -0.1) is 0 Å². The molecule has 0 radical (unpaired) electrons. The van der Waals surface area contributed by atoms with E-state index in [-0.39, 0.29) is 145 Å². The van der Waals surface area contributed by atoms with Crippen molar-refractivity contribution in [3.63, 3.8) is 0 Å². The standard InChI is InChI=1S/C54H75N21O10/c1-84-41-19-17-33(27-35(41)43(56)76)71-50(83)40(16-8-24-68-54(63)64)75-46(79)36-28-34(18-20-42(36)85-2)72-49(82)39(15-7-23-67-53(61)62)74-45(78)30-10-4-12-32(26-30)70-48(81)38(14-6-22-66-52(59)60)73-44(77)29-9-3-11-31(25-29)69-47(80)37(55)13-5-21-65-51(57)58/h3-4,9-12,17-20,25-28,37-40H,5-8,13-16,21-24,55H2,1-2H3,(H2,56,76)(H,69,80)(H,70,81)(H,71,83)(H,72,82)(H,73,77)(H,74,78)(H,75,79)(H4,57,58,65)(H4,59,60,66)(H4,61,62,67)(H4,63,64,68)/t37-,38-,39-,40-/m1/s1. The van der Waals surface area contributed by atoms with E-state index in [0.717, 1.165) is 0 Å². The molecule has 0 aliphatic rings. The molecule has 0 aromatic heterocycles. The molecule has 31 nitrogen and oxygen atoms in total. The highest BCUT2D eigenvalue weighted by molar-refractivity contribution is 6.07. The fourth-order valence-electron chi connectivity index (χ4n) is 8.13. The number of nitrogens with two attached hydrogens (primary N) is 6. The average Bonchev–Trinajstić information content (AvgIpc) is 3.60. The van der Waals surface area contributed by atoms with Crippen molar-refractivity contribution in [3.05, 3.63) is 107 Å². The molecule has 85 heavy (non-hydrogen) atoms. The molecule has 0 spiro atoms. The first-order valence-corrected chi connectivity index (χ1v) is 26.6. The molecule has 4 aromatic rings. The molecule has 0 aliphatic heterocycles. The third kappa shape index (κ3) is 23.0. The summed E-state index contributed by atoms with van der Waals surface area (Å²) in [5.74, 6) is -6.54. The fraction of sp³-hybridized carbons (Fsp3) is 0.333. The topological polar surface area (TPSA) is 539 Å². The van der Waals surface area contributed by atoms with E-state index in [2.05, 4.69) is 58.5 Å². The molecule has 0 bridgehead atoms. The number of rotatable bonds is 33. The number of carbonyl (C=O) groups excluding carboxylic acids is 8. The van der Waals surface area contributed by atoms with Crippen molar-refractivity contribution in [2.24, 2.45) is 34.4 Å². The van der Waals surface area contributed by atoms with Gasteiger partial charge in [0.25, 0.3) is 23.6 Å². The summed E-state index contributed by atoms with van der Waals surface area (Å²) in [4.78, 5) is 109. The quantitative estimate of drug-likeness (QED) is 0.0160. The number of carbonyl (C=O) groups is 8. The molecule has 31 heteroatoms. The molecule has 4 atom stereocenters. The Hall–Kier alpha value is -10.7. The molecule has 0 fully saturated rings. The van der Waals surface area contributed by atoms with E-state index in [1.54, 1.807) is 6.07 Å². The van der Waals surface area contributed by atoms with Crippen LogP contribution >= 0.6 is 0 Å². The van der Waals surface area contributed by atoms with Gasteiger partial charge in [0.2, 0.25) is 23.6 Å². The van der Waals surface area contributed by atoms with E-state index in [9.17, 15) is 38.4 Å². The van der Waals surface area contributed by atoms with Crippen LogP contribution < -0.4 is 102 Å².